The van der Waals surface area contributed by atoms with E-state index in [4.69, 9.17) is 17.0 Å². The number of hydrogen-bond donors (Lipinski definition) is 1. The van der Waals surface area contributed by atoms with Gasteiger partial charge in [-0.3, -0.25) is 14.5 Å². The van der Waals surface area contributed by atoms with Crippen LogP contribution in [0, 0.1) is 0 Å². The number of ether oxygens (including phenoxy) is 2. The van der Waals surface area contributed by atoms with Crippen LogP contribution in [0.3, 0.4) is 0 Å². The van der Waals surface area contributed by atoms with Gasteiger partial charge in [0, 0.05) is 13.0 Å². The zero-order valence-electron chi connectivity index (χ0n) is 13.2. The fraction of sp³-hybridized carbons (Fsp3) is 0.438. The van der Waals surface area contributed by atoms with Crippen LogP contribution in [0.15, 0.2) is 24.3 Å². The largest absolute Gasteiger partial charge is 0.497 e. The molecule has 0 saturated carbocycles. The molecule has 6 nitrogen and oxygen atoms in total. The summed E-state index contributed by atoms with van der Waals surface area (Å²) in [7, 11) is 2.95. The highest BCUT2D eigenvalue weighted by molar-refractivity contribution is 7.80. The Hall–Kier alpha value is -2.15. The van der Waals surface area contributed by atoms with E-state index >= 15 is 0 Å². The minimum atomic E-state index is -0.447. The molecule has 0 aliphatic carbocycles. The van der Waals surface area contributed by atoms with Crippen molar-refractivity contribution in [2.24, 2.45) is 0 Å². The van der Waals surface area contributed by atoms with Crippen molar-refractivity contribution in [3.05, 3.63) is 29.8 Å². The van der Waals surface area contributed by atoms with Crippen molar-refractivity contribution in [2.45, 2.75) is 25.3 Å². The Labute approximate surface area is 140 Å². The molecular weight excluding hydrogens is 316 g/mol. The number of nitrogens with one attached hydrogen (secondary N) is 1. The molecule has 0 radical (unpaired) electrons. The quantitative estimate of drug-likeness (QED) is 0.598. The highest BCUT2D eigenvalue weighted by atomic mass is 32.1. The van der Waals surface area contributed by atoms with E-state index in [9.17, 15) is 9.59 Å². The van der Waals surface area contributed by atoms with Crippen molar-refractivity contribution < 1.29 is 19.1 Å². The van der Waals surface area contributed by atoms with E-state index in [2.05, 4.69) is 10.1 Å². The van der Waals surface area contributed by atoms with Crippen LogP contribution in [0.5, 0.6) is 5.75 Å². The van der Waals surface area contributed by atoms with Gasteiger partial charge in [0.25, 0.3) is 5.91 Å². The van der Waals surface area contributed by atoms with E-state index in [1.54, 1.807) is 12.0 Å². The van der Waals surface area contributed by atoms with E-state index in [1.165, 1.54) is 7.11 Å². The molecule has 1 aliphatic heterocycles. The SMILES string of the molecule is COC(=O)CC[C@@H]1NC(=S)N(CCc2ccc(OC)cc2)C1=O. The van der Waals surface area contributed by atoms with Gasteiger partial charge in [-0.05, 0) is 42.8 Å². The third kappa shape index (κ3) is 4.41. The Morgan fingerprint density at radius 1 is 1.30 bits per heavy atom. The summed E-state index contributed by atoms with van der Waals surface area (Å²) in [5.41, 5.74) is 1.10. The third-order valence-corrected chi connectivity index (χ3v) is 4.09. The van der Waals surface area contributed by atoms with Gasteiger partial charge in [0.15, 0.2) is 5.11 Å². The van der Waals surface area contributed by atoms with Gasteiger partial charge in [-0.2, -0.15) is 0 Å². The van der Waals surface area contributed by atoms with Crippen LogP contribution < -0.4 is 10.1 Å². The molecule has 1 N–H and O–H groups in total. The van der Waals surface area contributed by atoms with E-state index < -0.39 is 6.04 Å². The van der Waals surface area contributed by atoms with Crippen LogP contribution in [0.25, 0.3) is 0 Å². The van der Waals surface area contributed by atoms with Crippen molar-refractivity contribution in [1.82, 2.24) is 10.2 Å². The first-order valence-electron chi connectivity index (χ1n) is 7.36. The maximum atomic E-state index is 12.3. The molecule has 1 heterocycles. The first-order valence-corrected chi connectivity index (χ1v) is 7.77. The fourth-order valence-corrected chi connectivity index (χ4v) is 2.71. The summed E-state index contributed by atoms with van der Waals surface area (Å²) in [6.07, 6.45) is 1.26. The summed E-state index contributed by atoms with van der Waals surface area (Å²) in [5.74, 6) is 0.376. The lowest BCUT2D eigenvalue weighted by molar-refractivity contribution is -0.140. The van der Waals surface area contributed by atoms with Gasteiger partial charge in [-0.15, -0.1) is 0 Å². The molecule has 1 aromatic rings. The monoisotopic (exact) mass is 336 g/mol. The average Bonchev–Trinajstić information content (AvgIpc) is 2.85. The lowest BCUT2D eigenvalue weighted by atomic mass is 10.1. The Morgan fingerprint density at radius 2 is 2.00 bits per heavy atom. The van der Waals surface area contributed by atoms with E-state index in [-0.39, 0.29) is 18.3 Å². The molecule has 1 saturated heterocycles. The molecule has 1 aromatic carbocycles. The van der Waals surface area contributed by atoms with E-state index in [1.807, 2.05) is 24.3 Å². The number of carbonyl (C=O) groups is 2. The lowest BCUT2D eigenvalue weighted by Gasteiger charge is -2.15. The molecule has 1 fully saturated rings. The zero-order chi connectivity index (χ0) is 16.8. The van der Waals surface area contributed by atoms with Gasteiger partial charge in [0.05, 0.1) is 14.2 Å². The van der Waals surface area contributed by atoms with Gasteiger partial charge in [0.2, 0.25) is 0 Å². The number of amides is 1. The molecule has 0 aromatic heterocycles. The normalized spacial score (nSPS) is 17.1. The average molecular weight is 336 g/mol. The summed E-state index contributed by atoms with van der Waals surface area (Å²) >= 11 is 5.22. The summed E-state index contributed by atoms with van der Waals surface area (Å²) < 4.78 is 9.71. The predicted molar refractivity (Wildman–Crippen MR) is 89.2 cm³/mol. The second-order valence-corrected chi connectivity index (χ2v) is 5.59. The van der Waals surface area contributed by atoms with Crippen LogP contribution >= 0.6 is 12.2 Å². The highest BCUT2D eigenvalue weighted by Crippen LogP contribution is 2.15. The first kappa shape index (κ1) is 17.2. The Bertz CT molecular complexity index is 588. The topological polar surface area (TPSA) is 67.9 Å². The minimum Gasteiger partial charge on any atom is -0.497 e. The number of carbonyl (C=O) groups excluding carboxylic acids is 2. The number of benzene rings is 1. The lowest BCUT2D eigenvalue weighted by Crippen LogP contribution is -2.33. The molecule has 23 heavy (non-hydrogen) atoms. The number of hydrogen-bond acceptors (Lipinski definition) is 5. The van der Waals surface area contributed by atoms with Gasteiger partial charge in [-0.1, -0.05) is 12.1 Å². The van der Waals surface area contributed by atoms with Crippen LogP contribution in [0.4, 0.5) is 0 Å². The standard InChI is InChI=1S/C16H20N2O4S/c1-21-12-5-3-11(4-6-12)9-10-18-15(20)13(17-16(18)23)7-8-14(19)22-2/h3-6,13H,7-10H2,1-2H3,(H,17,23)/t13-/m0/s1. The summed E-state index contributed by atoms with van der Waals surface area (Å²) in [4.78, 5) is 25.1. The predicted octanol–water partition coefficient (Wildman–Crippen LogP) is 1.28. The van der Waals surface area contributed by atoms with Crippen LogP contribution in [0.1, 0.15) is 18.4 Å². The maximum absolute atomic E-state index is 12.3. The molecular formula is C16H20N2O4S. The second-order valence-electron chi connectivity index (χ2n) is 5.20. The number of methoxy groups -OCH3 is 2. The second kappa shape index (κ2) is 7.92. The molecule has 1 atom stereocenters. The van der Waals surface area contributed by atoms with Gasteiger partial charge >= 0.3 is 5.97 Å². The minimum absolute atomic E-state index is 0.0904. The summed E-state index contributed by atoms with van der Waals surface area (Å²) in [6, 6.07) is 7.25. The molecule has 0 unspecified atom stereocenters. The number of nitrogens with zero attached hydrogens (tertiary/aromatic N) is 1. The molecule has 1 amide bonds. The van der Waals surface area contributed by atoms with E-state index in [0.717, 1.165) is 11.3 Å². The number of rotatable bonds is 7. The Balaban J connectivity index is 1.88. The number of thiocarbonyl (C=S) groups is 1. The van der Waals surface area contributed by atoms with Crippen molar-refractivity contribution in [1.29, 1.82) is 0 Å². The fourth-order valence-electron chi connectivity index (χ4n) is 2.38. The number of esters is 1. The zero-order valence-corrected chi connectivity index (χ0v) is 14.0. The van der Waals surface area contributed by atoms with Gasteiger partial charge in [0.1, 0.15) is 11.8 Å². The molecule has 0 spiro atoms. The van der Waals surface area contributed by atoms with E-state index in [0.29, 0.717) is 24.5 Å². The smallest absolute Gasteiger partial charge is 0.305 e. The van der Waals surface area contributed by atoms with Crippen LogP contribution in [0.2, 0.25) is 0 Å². The highest BCUT2D eigenvalue weighted by Gasteiger charge is 2.34. The molecule has 124 valence electrons. The first-order chi connectivity index (χ1) is 11.0. The van der Waals surface area contributed by atoms with Gasteiger partial charge in [-0.25, -0.2) is 0 Å². The van der Waals surface area contributed by atoms with Gasteiger partial charge < -0.3 is 14.8 Å². The molecule has 1 aliphatic rings. The van der Waals surface area contributed by atoms with Crippen molar-refractivity contribution >= 4 is 29.2 Å². The van der Waals surface area contributed by atoms with Crippen molar-refractivity contribution in [3.63, 3.8) is 0 Å². The molecule has 2 rings (SSSR count). The summed E-state index contributed by atoms with van der Waals surface area (Å²) in [6.45, 7) is 0.506. The molecule has 7 heteroatoms. The Kier molecular flexibility index (Phi) is 5.92. The Morgan fingerprint density at radius 3 is 2.61 bits per heavy atom. The maximum Gasteiger partial charge on any atom is 0.305 e. The molecule has 0 bridgehead atoms. The summed E-state index contributed by atoms with van der Waals surface area (Å²) in [5, 5.41) is 3.38. The van der Waals surface area contributed by atoms with Crippen LogP contribution in [-0.2, 0) is 20.7 Å². The van der Waals surface area contributed by atoms with Crippen LogP contribution in [-0.4, -0.2) is 48.7 Å². The van der Waals surface area contributed by atoms with Crippen molar-refractivity contribution in [3.8, 4) is 5.75 Å². The third-order valence-electron chi connectivity index (χ3n) is 3.75. The van der Waals surface area contributed by atoms with Crippen molar-refractivity contribution in [2.75, 3.05) is 20.8 Å².